The van der Waals surface area contributed by atoms with Crippen molar-refractivity contribution in [2.45, 2.75) is 13.0 Å². The van der Waals surface area contributed by atoms with Crippen molar-refractivity contribution in [3.05, 3.63) is 29.8 Å². The Labute approximate surface area is 88.4 Å². The van der Waals surface area contributed by atoms with E-state index in [1.165, 1.54) is 12.3 Å². The first kappa shape index (κ1) is 12.0. The average Bonchev–Trinajstić information content (AvgIpc) is 2.25. The molecule has 0 aliphatic heterocycles. The van der Waals surface area contributed by atoms with Crippen LogP contribution in [0.1, 0.15) is 18.7 Å². The molecule has 0 fully saturated rings. The van der Waals surface area contributed by atoms with Crippen LogP contribution in [0.15, 0.2) is 18.3 Å². The molecular weight excluding hydrogens is 199 g/mol. The molecule has 15 heavy (non-hydrogen) atoms. The molecule has 5 heteroatoms. The molecule has 0 aromatic carbocycles. The second kappa shape index (κ2) is 6.44. The van der Waals surface area contributed by atoms with E-state index in [9.17, 15) is 4.39 Å². The van der Waals surface area contributed by atoms with E-state index in [1.54, 1.807) is 13.2 Å². The van der Waals surface area contributed by atoms with Gasteiger partial charge in [0.1, 0.15) is 5.82 Å². The van der Waals surface area contributed by atoms with E-state index >= 15 is 0 Å². The maximum Gasteiger partial charge on any atom is 0.141 e. The Morgan fingerprint density at radius 1 is 1.47 bits per heavy atom. The molecule has 1 aromatic heterocycles. The SMILES string of the molecule is COCCONC(C)c1ccc(F)cn1. The third-order valence-corrected chi connectivity index (χ3v) is 1.84. The van der Waals surface area contributed by atoms with Gasteiger partial charge in [0.05, 0.1) is 31.1 Å². The number of ether oxygens (including phenoxy) is 1. The minimum atomic E-state index is -0.341. The lowest BCUT2D eigenvalue weighted by atomic mass is 10.2. The van der Waals surface area contributed by atoms with Gasteiger partial charge in [-0.25, -0.2) is 4.39 Å². The van der Waals surface area contributed by atoms with Gasteiger partial charge in [0, 0.05) is 7.11 Å². The zero-order valence-corrected chi connectivity index (χ0v) is 8.87. The molecule has 1 aromatic rings. The number of nitrogens with one attached hydrogen (secondary N) is 1. The van der Waals surface area contributed by atoms with Gasteiger partial charge in [0.15, 0.2) is 0 Å². The van der Waals surface area contributed by atoms with E-state index in [0.717, 1.165) is 5.69 Å². The Morgan fingerprint density at radius 2 is 2.27 bits per heavy atom. The number of hydroxylamine groups is 1. The summed E-state index contributed by atoms with van der Waals surface area (Å²) in [6, 6.07) is 2.91. The molecule has 0 saturated carbocycles. The van der Waals surface area contributed by atoms with Crippen LogP contribution in [0.5, 0.6) is 0 Å². The summed E-state index contributed by atoms with van der Waals surface area (Å²) < 4.78 is 17.4. The number of hydrogen-bond donors (Lipinski definition) is 1. The van der Waals surface area contributed by atoms with Crippen LogP contribution in [0.25, 0.3) is 0 Å². The van der Waals surface area contributed by atoms with Crippen molar-refractivity contribution in [3.8, 4) is 0 Å². The number of nitrogens with zero attached hydrogens (tertiary/aromatic N) is 1. The largest absolute Gasteiger partial charge is 0.382 e. The van der Waals surface area contributed by atoms with Gasteiger partial charge in [-0.15, -0.1) is 0 Å². The predicted molar refractivity (Wildman–Crippen MR) is 53.6 cm³/mol. The summed E-state index contributed by atoms with van der Waals surface area (Å²) in [6.07, 6.45) is 1.18. The fourth-order valence-corrected chi connectivity index (χ4v) is 1.01. The molecule has 0 aliphatic rings. The van der Waals surface area contributed by atoms with E-state index in [4.69, 9.17) is 9.57 Å². The molecular formula is C10H15FN2O2. The number of hydrogen-bond acceptors (Lipinski definition) is 4. The first-order valence-electron chi connectivity index (χ1n) is 4.71. The summed E-state index contributed by atoms with van der Waals surface area (Å²) in [5.74, 6) is -0.341. The topological polar surface area (TPSA) is 43.4 Å². The Bertz CT molecular complexity index is 279. The predicted octanol–water partition coefficient (Wildman–Crippen LogP) is 1.45. The normalized spacial score (nSPS) is 12.7. The highest BCUT2D eigenvalue weighted by Gasteiger charge is 2.05. The van der Waals surface area contributed by atoms with Gasteiger partial charge in [-0.2, -0.15) is 5.48 Å². The summed E-state index contributed by atoms with van der Waals surface area (Å²) in [7, 11) is 1.61. The van der Waals surface area contributed by atoms with Gasteiger partial charge >= 0.3 is 0 Å². The van der Waals surface area contributed by atoms with Crippen LogP contribution in [-0.4, -0.2) is 25.3 Å². The highest BCUT2D eigenvalue weighted by atomic mass is 19.1. The van der Waals surface area contributed by atoms with Crippen LogP contribution in [0.4, 0.5) is 4.39 Å². The first-order chi connectivity index (χ1) is 7.24. The highest BCUT2D eigenvalue weighted by molar-refractivity contribution is 5.08. The molecule has 0 bridgehead atoms. The lowest BCUT2D eigenvalue weighted by Gasteiger charge is -2.12. The van der Waals surface area contributed by atoms with Crippen LogP contribution in [0.3, 0.4) is 0 Å². The Balaban J connectivity index is 2.33. The van der Waals surface area contributed by atoms with E-state index in [0.29, 0.717) is 13.2 Å². The van der Waals surface area contributed by atoms with E-state index in [2.05, 4.69) is 10.5 Å². The third-order valence-electron chi connectivity index (χ3n) is 1.84. The molecule has 0 radical (unpaired) electrons. The molecule has 1 atom stereocenters. The van der Waals surface area contributed by atoms with Crippen molar-refractivity contribution in [2.75, 3.05) is 20.3 Å². The zero-order chi connectivity index (χ0) is 11.1. The molecule has 1 N–H and O–H groups in total. The first-order valence-corrected chi connectivity index (χ1v) is 4.71. The number of aromatic nitrogens is 1. The van der Waals surface area contributed by atoms with Gasteiger partial charge in [0.2, 0.25) is 0 Å². The van der Waals surface area contributed by atoms with Crippen LogP contribution < -0.4 is 5.48 Å². The second-order valence-corrected chi connectivity index (χ2v) is 3.08. The van der Waals surface area contributed by atoms with Crippen LogP contribution in [0.2, 0.25) is 0 Å². The van der Waals surface area contributed by atoms with Gasteiger partial charge in [0.25, 0.3) is 0 Å². The van der Waals surface area contributed by atoms with Crippen LogP contribution in [-0.2, 0) is 9.57 Å². The average molecular weight is 214 g/mol. The fraction of sp³-hybridized carbons (Fsp3) is 0.500. The van der Waals surface area contributed by atoms with Crippen molar-refractivity contribution in [3.63, 3.8) is 0 Å². The maximum absolute atomic E-state index is 12.6. The van der Waals surface area contributed by atoms with Gasteiger partial charge < -0.3 is 4.74 Å². The summed E-state index contributed by atoms with van der Waals surface area (Å²) in [5, 5.41) is 0. The quantitative estimate of drug-likeness (QED) is 0.575. The van der Waals surface area contributed by atoms with Crippen LogP contribution in [0, 0.1) is 5.82 Å². The van der Waals surface area contributed by atoms with E-state index < -0.39 is 0 Å². The Kier molecular flexibility index (Phi) is 5.17. The lowest BCUT2D eigenvalue weighted by Crippen LogP contribution is -2.22. The standard InChI is InChI=1S/C10H15FN2O2/c1-8(13-15-6-5-14-2)10-4-3-9(11)7-12-10/h3-4,7-8,13H,5-6H2,1-2H3. The zero-order valence-electron chi connectivity index (χ0n) is 8.87. The maximum atomic E-state index is 12.6. The van der Waals surface area contributed by atoms with E-state index in [1.807, 2.05) is 6.92 Å². The van der Waals surface area contributed by atoms with Crippen molar-refractivity contribution in [2.24, 2.45) is 0 Å². The van der Waals surface area contributed by atoms with E-state index in [-0.39, 0.29) is 11.9 Å². The minimum absolute atomic E-state index is 0.0811. The number of rotatable bonds is 6. The molecule has 0 spiro atoms. The third kappa shape index (κ3) is 4.33. The molecule has 0 amide bonds. The van der Waals surface area contributed by atoms with Gasteiger partial charge in [-0.1, -0.05) is 0 Å². The molecule has 1 heterocycles. The molecule has 4 nitrogen and oxygen atoms in total. The number of pyridine rings is 1. The molecule has 1 unspecified atom stereocenters. The summed E-state index contributed by atoms with van der Waals surface area (Å²) >= 11 is 0. The van der Waals surface area contributed by atoms with Gasteiger partial charge in [-0.3, -0.25) is 9.82 Å². The van der Waals surface area contributed by atoms with Crippen LogP contribution >= 0.6 is 0 Å². The Hall–Kier alpha value is -1.04. The summed E-state index contributed by atoms with van der Waals surface area (Å²) in [4.78, 5) is 9.04. The highest BCUT2D eigenvalue weighted by Crippen LogP contribution is 2.08. The number of methoxy groups -OCH3 is 1. The molecule has 0 aliphatic carbocycles. The fourth-order valence-electron chi connectivity index (χ4n) is 1.01. The Morgan fingerprint density at radius 3 is 2.87 bits per heavy atom. The molecule has 1 rings (SSSR count). The summed E-state index contributed by atoms with van der Waals surface area (Å²) in [6.45, 7) is 2.87. The van der Waals surface area contributed by atoms with Crippen molar-refractivity contribution >= 4 is 0 Å². The molecule has 84 valence electrons. The number of halogens is 1. The lowest BCUT2D eigenvalue weighted by molar-refractivity contribution is -0.00992. The molecule has 0 saturated heterocycles. The minimum Gasteiger partial charge on any atom is -0.382 e. The monoisotopic (exact) mass is 214 g/mol. The summed E-state index contributed by atoms with van der Waals surface area (Å²) in [5.41, 5.74) is 3.52. The van der Waals surface area contributed by atoms with Crippen molar-refractivity contribution < 1.29 is 14.0 Å². The second-order valence-electron chi connectivity index (χ2n) is 3.08. The van der Waals surface area contributed by atoms with Crippen molar-refractivity contribution in [1.29, 1.82) is 0 Å². The van der Waals surface area contributed by atoms with Crippen molar-refractivity contribution in [1.82, 2.24) is 10.5 Å². The van der Waals surface area contributed by atoms with Gasteiger partial charge in [-0.05, 0) is 19.1 Å². The smallest absolute Gasteiger partial charge is 0.141 e.